The standard InChI is InChI=1S/C16H26N2O2/c1-4-5-15(17)16(19)18-12(2)6-7-13-8-10-14(20-3)11-9-13/h8-12,15H,4-7,17H2,1-3H3,(H,18,19). The molecule has 0 aliphatic heterocycles. The molecule has 0 spiro atoms. The third-order valence-electron chi connectivity index (χ3n) is 3.35. The van der Waals surface area contributed by atoms with Gasteiger partial charge >= 0.3 is 0 Å². The SMILES string of the molecule is CCCC(N)C(=O)NC(C)CCc1ccc(OC)cc1. The van der Waals surface area contributed by atoms with Crippen molar-refractivity contribution in [3.8, 4) is 5.75 Å². The minimum absolute atomic E-state index is 0.0471. The molecule has 0 aromatic heterocycles. The molecular formula is C16H26N2O2. The lowest BCUT2D eigenvalue weighted by Crippen LogP contribution is -2.44. The van der Waals surface area contributed by atoms with Gasteiger partial charge in [0.2, 0.25) is 5.91 Å². The molecule has 0 aliphatic rings. The Kier molecular flexibility index (Phi) is 7.09. The van der Waals surface area contributed by atoms with E-state index in [1.165, 1.54) is 5.56 Å². The minimum Gasteiger partial charge on any atom is -0.497 e. The number of aryl methyl sites for hydroxylation is 1. The molecule has 0 fully saturated rings. The lowest BCUT2D eigenvalue weighted by molar-refractivity contribution is -0.123. The van der Waals surface area contributed by atoms with Crippen molar-refractivity contribution in [3.05, 3.63) is 29.8 Å². The molecule has 1 rings (SSSR count). The first-order valence-electron chi connectivity index (χ1n) is 7.25. The molecule has 0 saturated heterocycles. The van der Waals surface area contributed by atoms with Crippen LogP contribution in [0.1, 0.15) is 38.7 Å². The number of carbonyl (C=O) groups excluding carboxylic acids is 1. The van der Waals surface area contributed by atoms with E-state index in [0.717, 1.165) is 31.4 Å². The molecule has 0 bridgehead atoms. The minimum atomic E-state index is -0.386. The summed E-state index contributed by atoms with van der Waals surface area (Å²) < 4.78 is 5.13. The fourth-order valence-electron chi connectivity index (χ4n) is 2.04. The summed E-state index contributed by atoms with van der Waals surface area (Å²) in [7, 11) is 1.66. The molecule has 0 heterocycles. The largest absolute Gasteiger partial charge is 0.497 e. The van der Waals surface area contributed by atoms with Gasteiger partial charge in [0.05, 0.1) is 13.2 Å². The molecule has 4 nitrogen and oxygen atoms in total. The summed E-state index contributed by atoms with van der Waals surface area (Å²) in [6.45, 7) is 4.04. The van der Waals surface area contributed by atoms with Crippen molar-refractivity contribution in [1.82, 2.24) is 5.32 Å². The molecule has 3 N–H and O–H groups in total. The van der Waals surface area contributed by atoms with Crippen LogP contribution in [0.4, 0.5) is 0 Å². The fourth-order valence-corrected chi connectivity index (χ4v) is 2.04. The van der Waals surface area contributed by atoms with Gasteiger partial charge in [-0.25, -0.2) is 0 Å². The van der Waals surface area contributed by atoms with E-state index < -0.39 is 0 Å². The van der Waals surface area contributed by atoms with E-state index in [4.69, 9.17) is 10.5 Å². The van der Waals surface area contributed by atoms with Crippen LogP contribution in [0, 0.1) is 0 Å². The van der Waals surface area contributed by atoms with Crippen LogP contribution < -0.4 is 15.8 Å². The van der Waals surface area contributed by atoms with Crippen molar-refractivity contribution >= 4 is 5.91 Å². The molecule has 0 radical (unpaired) electrons. The van der Waals surface area contributed by atoms with E-state index >= 15 is 0 Å². The highest BCUT2D eigenvalue weighted by Crippen LogP contribution is 2.13. The molecule has 0 saturated carbocycles. The Morgan fingerprint density at radius 2 is 1.95 bits per heavy atom. The first-order chi connectivity index (χ1) is 9.56. The highest BCUT2D eigenvalue weighted by molar-refractivity contribution is 5.81. The van der Waals surface area contributed by atoms with Crippen LogP contribution >= 0.6 is 0 Å². The average molecular weight is 278 g/mol. The van der Waals surface area contributed by atoms with Crippen LogP contribution in [0.15, 0.2) is 24.3 Å². The molecule has 4 heteroatoms. The first kappa shape index (κ1) is 16.5. The van der Waals surface area contributed by atoms with E-state index in [1.54, 1.807) is 7.11 Å². The second kappa shape index (κ2) is 8.59. The van der Waals surface area contributed by atoms with Crippen LogP contribution in [0.5, 0.6) is 5.75 Å². The molecule has 2 atom stereocenters. The van der Waals surface area contributed by atoms with Crippen LogP contribution in [0.3, 0.4) is 0 Å². The molecule has 0 aliphatic carbocycles. The van der Waals surface area contributed by atoms with Gasteiger partial charge in [0.25, 0.3) is 0 Å². The van der Waals surface area contributed by atoms with Crippen molar-refractivity contribution in [2.24, 2.45) is 5.73 Å². The molecule has 20 heavy (non-hydrogen) atoms. The summed E-state index contributed by atoms with van der Waals surface area (Å²) in [5.74, 6) is 0.815. The highest BCUT2D eigenvalue weighted by Gasteiger charge is 2.14. The van der Waals surface area contributed by atoms with Crippen molar-refractivity contribution in [3.63, 3.8) is 0 Å². The van der Waals surface area contributed by atoms with Gasteiger partial charge in [-0.2, -0.15) is 0 Å². The molecule has 1 amide bonds. The average Bonchev–Trinajstić information content (AvgIpc) is 2.45. The maximum atomic E-state index is 11.8. The Morgan fingerprint density at radius 3 is 2.50 bits per heavy atom. The van der Waals surface area contributed by atoms with Gasteiger partial charge in [-0.3, -0.25) is 4.79 Å². The normalized spacial score (nSPS) is 13.6. The van der Waals surface area contributed by atoms with E-state index in [0.29, 0.717) is 0 Å². The predicted octanol–water partition coefficient (Wildman–Crippen LogP) is 2.26. The zero-order chi connectivity index (χ0) is 15.0. The first-order valence-corrected chi connectivity index (χ1v) is 7.25. The summed E-state index contributed by atoms with van der Waals surface area (Å²) in [6, 6.07) is 7.76. The van der Waals surface area contributed by atoms with E-state index in [2.05, 4.69) is 17.4 Å². The second-order valence-electron chi connectivity index (χ2n) is 5.19. The topological polar surface area (TPSA) is 64.4 Å². The number of rotatable bonds is 8. The molecule has 2 unspecified atom stereocenters. The number of methoxy groups -OCH3 is 1. The van der Waals surface area contributed by atoms with Gasteiger partial charge in [0.15, 0.2) is 0 Å². The summed E-state index contributed by atoms with van der Waals surface area (Å²) in [6.07, 6.45) is 3.48. The van der Waals surface area contributed by atoms with Gasteiger partial charge in [-0.15, -0.1) is 0 Å². The van der Waals surface area contributed by atoms with Gasteiger partial charge in [0, 0.05) is 6.04 Å². The number of ether oxygens (including phenoxy) is 1. The molecule has 112 valence electrons. The number of hydrogen-bond acceptors (Lipinski definition) is 3. The monoisotopic (exact) mass is 278 g/mol. The van der Waals surface area contributed by atoms with Gasteiger partial charge in [-0.1, -0.05) is 25.5 Å². The Bertz CT molecular complexity index is 403. The van der Waals surface area contributed by atoms with Gasteiger partial charge < -0.3 is 15.8 Å². The van der Waals surface area contributed by atoms with Gasteiger partial charge in [0.1, 0.15) is 5.75 Å². The Balaban J connectivity index is 2.35. The smallest absolute Gasteiger partial charge is 0.237 e. The summed E-state index contributed by atoms with van der Waals surface area (Å²) in [5, 5.41) is 2.97. The number of carbonyl (C=O) groups is 1. The van der Waals surface area contributed by atoms with Crippen LogP contribution in [-0.2, 0) is 11.2 Å². The quantitative estimate of drug-likeness (QED) is 0.766. The zero-order valence-corrected chi connectivity index (χ0v) is 12.7. The summed E-state index contributed by atoms with van der Waals surface area (Å²) in [4.78, 5) is 11.8. The van der Waals surface area contributed by atoms with Crippen molar-refractivity contribution in [2.75, 3.05) is 7.11 Å². The number of amides is 1. The summed E-state index contributed by atoms with van der Waals surface area (Å²) in [5.41, 5.74) is 7.03. The summed E-state index contributed by atoms with van der Waals surface area (Å²) >= 11 is 0. The molecule has 1 aromatic rings. The van der Waals surface area contributed by atoms with Gasteiger partial charge in [-0.05, 0) is 43.9 Å². The van der Waals surface area contributed by atoms with E-state index in [9.17, 15) is 4.79 Å². The van der Waals surface area contributed by atoms with Crippen molar-refractivity contribution < 1.29 is 9.53 Å². The number of nitrogens with two attached hydrogens (primary N) is 1. The maximum Gasteiger partial charge on any atom is 0.237 e. The number of hydrogen-bond donors (Lipinski definition) is 2. The third-order valence-corrected chi connectivity index (χ3v) is 3.35. The van der Waals surface area contributed by atoms with E-state index in [-0.39, 0.29) is 18.0 Å². The van der Waals surface area contributed by atoms with E-state index in [1.807, 2.05) is 26.0 Å². The number of nitrogens with one attached hydrogen (secondary N) is 1. The lowest BCUT2D eigenvalue weighted by Gasteiger charge is -2.17. The Morgan fingerprint density at radius 1 is 1.30 bits per heavy atom. The zero-order valence-electron chi connectivity index (χ0n) is 12.7. The van der Waals surface area contributed by atoms with Crippen LogP contribution in [0.25, 0.3) is 0 Å². The molecule has 1 aromatic carbocycles. The van der Waals surface area contributed by atoms with Crippen molar-refractivity contribution in [2.45, 2.75) is 51.6 Å². The number of benzene rings is 1. The maximum absolute atomic E-state index is 11.8. The predicted molar refractivity (Wildman–Crippen MR) is 81.8 cm³/mol. The fraction of sp³-hybridized carbons (Fsp3) is 0.562. The second-order valence-corrected chi connectivity index (χ2v) is 5.19. The van der Waals surface area contributed by atoms with Crippen LogP contribution in [-0.4, -0.2) is 25.1 Å². The highest BCUT2D eigenvalue weighted by atomic mass is 16.5. The lowest BCUT2D eigenvalue weighted by atomic mass is 10.1. The molecular weight excluding hydrogens is 252 g/mol. The van der Waals surface area contributed by atoms with Crippen molar-refractivity contribution in [1.29, 1.82) is 0 Å². The Hall–Kier alpha value is -1.55. The Labute approximate surface area is 121 Å². The third kappa shape index (κ3) is 5.61. The van der Waals surface area contributed by atoms with Crippen LogP contribution in [0.2, 0.25) is 0 Å².